The summed E-state index contributed by atoms with van der Waals surface area (Å²) < 4.78 is 4.94. The van der Waals surface area contributed by atoms with Gasteiger partial charge < -0.3 is 9.50 Å². The minimum absolute atomic E-state index is 0.263. The molecule has 1 fully saturated rings. The minimum Gasteiger partial charge on any atom is -0.388 e. The summed E-state index contributed by atoms with van der Waals surface area (Å²) in [7, 11) is 0. The van der Waals surface area contributed by atoms with E-state index >= 15 is 0 Å². The van der Waals surface area contributed by atoms with Crippen LogP contribution < -0.4 is 5.32 Å². The third-order valence-corrected chi connectivity index (χ3v) is 3.41. The van der Waals surface area contributed by atoms with Gasteiger partial charge >= 0.3 is 5.97 Å². The summed E-state index contributed by atoms with van der Waals surface area (Å²) >= 11 is 1.08. The van der Waals surface area contributed by atoms with Gasteiger partial charge in [-0.05, 0) is 43.5 Å². The molecule has 1 aliphatic heterocycles. The van der Waals surface area contributed by atoms with E-state index < -0.39 is 0 Å². The monoisotopic (exact) mass is 251 g/mol. The van der Waals surface area contributed by atoms with Crippen molar-refractivity contribution >= 4 is 18.0 Å². The second kappa shape index (κ2) is 5.56. The van der Waals surface area contributed by atoms with Crippen molar-refractivity contribution in [3.8, 4) is 0 Å². The van der Waals surface area contributed by atoms with Gasteiger partial charge in [0.15, 0.2) is 0 Å². The molecule has 1 aliphatic rings. The van der Waals surface area contributed by atoms with Crippen molar-refractivity contribution in [2.75, 3.05) is 12.8 Å². The van der Waals surface area contributed by atoms with E-state index in [-0.39, 0.29) is 5.97 Å². The Kier molecular flexibility index (Phi) is 4.07. The molecule has 1 saturated heterocycles. The number of hydrogen-bond acceptors (Lipinski definition) is 4. The van der Waals surface area contributed by atoms with Crippen molar-refractivity contribution in [1.82, 2.24) is 5.32 Å². The van der Waals surface area contributed by atoms with Gasteiger partial charge in [-0.15, -0.1) is 0 Å². The topological polar surface area (TPSA) is 38.3 Å². The standard InChI is InChI=1S/C13H17NO2S/c1-9-8-10(12-4-3-7-14-12)5-6-11(9)13(15)16-17-2/h5-6,8,12,14H,3-4,7H2,1-2H3. The Morgan fingerprint density at radius 2 is 2.35 bits per heavy atom. The molecule has 92 valence electrons. The number of hydrogen-bond donors (Lipinski definition) is 1. The highest BCUT2D eigenvalue weighted by atomic mass is 32.2. The second-order valence-electron chi connectivity index (χ2n) is 4.26. The van der Waals surface area contributed by atoms with E-state index in [2.05, 4.69) is 11.4 Å². The lowest BCUT2D eigenvalue weighted by Crippen LogP contribution is -2.13. The van der Waals surface area contributed by atoms with E-state index in [0.29, 0.717) is 11.6 Å². The molecule has 1 aromatic rings. The normalized spacial score (nSPS) is 19.3. The molecule has 1 unspecified atom stereocenters. The summed E-state index contributed by atoms with van der Waals surface area (Å²) in [6.45, 7) is 3.04. The molecule has 0 spiro atoms. The second-order valence-corrected chi connectivity index (χ2v) is 4.76. The number of carbonyl (C=O) groups is 1. The van der Waals surface area contributed by atoms with Crippen molar-refractivity contribution in [2.45, 2.75) is 25.8 Å². The lowest BCUT2D eigenvalue weighted by Gasteiger charge is -2.13. The molecule has 2 rings (SSSR count). The highest BCUT2D eigenvalue weighted by Crippen LogP contribution is 2.25. The molecule has 1 heterocycles. The average Bonchev–Trinajstić information content (AvgIpc) is 2.82. The quantitative estimate of drug-likeness (QED) is 0.838. The van der Waals surface area contributed by atoms with E-state index in [1.807, 2.05) is 19.1 Å². The van der Waals surface area contributed by atoms with Crippen LogP contribution in [0.3, 0.4) is 0 Å². The number of rotatable bonds is 3. The van der Waals surface area contributed by atoms with Crippen LogP contribution in [-0.4, -0.2) is 18.8 Å². The predicted octanol–water partition coefficient (Wildman–Crippen LogP) is 2.85. The molecule has 0 amide bonds. The molecular formula is C13H17NO2S. The van der Waals surface area contributed by atoms with Gasteiger partial charge in [-0.2, -0.15) is 0 Å². The van der Waals surface area contributed by atoms with Gasteiger partial charge in [-0.25, -0.2) is 4.79 Å². The van der Waals surface area contributed by atoms with E-state index in [1.165, 1.54) is 18.4 Å². The van der Waals surface area contributed by atoms with Crippen LogP contribution in [0, 0.1) is 6.92 Å². The van der Waals surface area contributed by atoms with Gasteiger partial charge in [-0.3, -0.25) is 0 Å². The first kappa shape index (κ1) is 12.5. The van der Waals surface area contributed by atoms with Crippen molar-refractivity contribution < 1.29 is 8.98 Å². The van der Waals surface area contributed by atoms with E-state index in [9.17, 15) is 4.79 Å². The third kappa shape index (κ3) is 2.82. The molecule has 0 aromatic heterocycles. The van der Waals surface area contributed by atoms with Gasteiger partial charge in [0.25, 0.3) is 0 Å². The Hall–Kier alpha value is -1.00. The van der Waals surface area contributed by atoms with Gasteiger partial charge in [-0.1, -0.05) is 12.1 Å². The van der Waals surface area contributed by atoms with E-state index in [1.54, 1.807) is 6.26 Å². The van der Waals surface area contributed by atoms with Crippen LogP contribution in [0.2, 0.25) is 0 Å². The SMILES string of the molecule is CSOC(=O)c1ccc(C2CCCN2)cc1C. The molecule has 4 heteroatoms. The maximum absolute atomic E-state index is 11.6. The number of benzene rings is 1. The minimum atomic E-state index is -0.263. The van der Waals surface area contributed by atoms with E-state index in [0.717, 1.165) is 24.2 Å². The average molecular weight is 251 g/mol. The Balaban J connectivity index is 2.19. The van der Waals surface area contributed by atoms with Gasteiger partial charge in [0.2, 0.25) is 0 Å². The molecule has 17 heavy (non-hydrogen) atoms. The summed E-state index contributed by atoms with van der Waals surface area (Å²) in [5.41, 5.74) is 2.90. The fraction of sp³-hybridized carbons (Fsp3) is 0.462. The Morgan fingerprint density at radius 3 is 2.94 bits per heavy atom. The Morgan fingerprint density at radius 1 is 1.53 bits per heavy atom. The third-order valence-electron chi connectivity index (χ3n) is 3.09. The highest BCUT2D eigenvalue weighted by molar-refractivity contribution is 7.94. The number of carbonyl (C=O) groups excluding carboxylic acids is 1. The fourth-order valence-corrected chi connectivity index (χ4v) is 2.46. The molecule has 1 atom stereocenters. The van der Waals surface area contributed by atoms with Crippen LogP contribution in [0.5, 0.6) is 0 Å². The van der Waals surface area contributed by atoms with Crippen LogP contribution in [0.1, 0.15) is 40.4 Å². The Bertz CT molecular complexity index is 414. The van der Waals surface area contributed by atoms with Crippen LogP contribution in [0.4, 0.5) is 0 Å². The van der Waals surface area contributed by atoms with Crippen LogP contribution in [0.15, 0.2) is 18.2 Å². The first-order valence-corrected chi connectivity index (χ1v) is 6.96. The van der Waals surface area contributed by atoms with Crippen LogP contribution >= 0.6 is 12.0 Å². The molecule has 0 aliphatic carbocycles. The van der Waals surface area contributed by atoms with Crippen molar-refractivity contribution in [3.63, 3.8) is 0 Å². The zero-order valence-corrected chi connectivity index (χ0v) is 11.0. The van der Waals surface area contributed by atoms with Crippen LogP contribution in [-0.2, 0) is 4.18 Å². The zero-order chi connectivity index (χ0) is 12.3. The van der Waals surface area contributed by atoms with Gasteiger partial charge in [0.05, 0.1) is 17.6 Å². The molecule has 0 saturated carbocycles. The maximum Gasteiger partial charge on any atom is 0.350 e. The smallest absolute Gasteiger partial charge is 0.350 e. The molecular weight excluding hydrogens is 234 g/mol. The first-order chi connectivity index (χ1) is 8.22. The van der Waals surface area contributed by atoms with Gasteiger partial charge in [0.1, 0.15) is 0 Å². The van der Waals surface area contributed by atoms with Crippen molar-refractivity contribution in [2.24, 2.45) is 0 Å². The molecule has 1 aromatic carbocycles. The largest absolute Gasteiger partial charge is 0.388 e. The Labute approximate surface area is 106 Å². The zero-order valence-electron chi connectivity index (χ0n) is 10.2. The molecule has 0 bridgehead atoms. The summed E-state index contributed by atoms with van der Waals surface area (Å²) in [6, 6.07) is 6.41. The first-order valence-electron chi connectivity index (χ1n) is 5.81. The van der Waals surface area contributed by atoms with Crippen molar-refractivity contribution in [1.29, 1.82) is 0 Å². The maximum atomic E-state index is 11.6. The van der Waals surface area contributed by atoms with E-state index in [4.69, 9.17) is 4.18 Å². The van der Waals surface area contributed by atoms with Crippen molar-refractivity contribution in [3.05, 3.63) is 34.9 Å². The fourth-order valence-electron chi connectivity index (χ4n) is 2.22. The summed E-state index contributed by atoms with van der Waals surface area (Å²) in [4.78, 5) is 11.6. The molecule has 0 radical (unpaired) electrons. The molecule has 3 nitrogen and oxygen atoms in total. The lowest BCUT2D eigenvalue weighted by atomic mass is 9.99. The summed E-state index contributed by atoms with van der Waals surface area (Å²) in [5.74, 6) is -0.263. The highest BCUT2D eigenvalue weighted by Gasteiger charge is 2.18. The molecule has 1 N–H and O–H groups in total. The lowest BCUT2D eigenvalue weighted by molar-refractivity contribution is 0.0768. The predicted molar refractivity (Wildman–Crippen MR) is 70.1 cm³/mol. The summed E-state index contributed by atoms with van der Waals surface area (Å²) in [6.07, 6.45) is 4.14. The van der Waals surface area contributed by atoms with Crippen LogP contribution in [0.25, 0.3) is 0 Å². The number of nitrogens with one attached hydrogen (secondary N) is 1. The van der Waals surface area contributed by atoms with Gasteiger partial charge in [0, 0.05) is 12.3 Å². The summed E-state index contributed by atoms with van der Waals surface area (Å²) in [5, 5.41) is 3.45. The number of aryl methyl sites for hydroxylation is 1.